The first kappa shape index (κ1) is 17.8. The van der Waals surface area contributed by atoms with Crippen LogP contribution in [0.2, 0.25) is 0 Å². The lowest BCUT2D eigenvalue weighted by Crippen LogP contribution is -2.56. The van der Waals surface area contributed by atoms with Gasteiger partial charge in [0, 0.05) is 31.1 Å². The highest BCUT2D eigenvalue weighted by molar-refractivity contribution is 7.09. The molecule has 2 aliphatic rings. The zero-order valence-corrected chi connectivity index (χ0v) is 15.1. The second kappa shape index (κ2) is 8.38. The number of morpholine rings is 1. The lowest BCUT2D eigenvalue weighted by Gasteiger charge is -2.44. The topological polar surface area (TPSA) is 60.9 Å². The van der Waals surface area contributed by atoms with Gasteiger partial charge in [0.2, 0.25) is 5.91 Å². The third kappa shape index (κ3) is 4.14. The largest absolute Gasteiger partial charge is 0.384 e. The number of amides is 1. The first-order valence-corrected chi connectivity index (χ1v) is 9.48. The third-order valence-electron chi connectivity index (χ3n) is 5.01. The van der Waals surface area contributed by atoms with Crippen molar-refractivity contribution < 1.29 is 19.0 Å². The fourth-order valence-electron chi connectivity index (χ4n) is 3.73. The van der Waals surface area contributed by atoms with E-state index in [9.17, 15) is 4.79 Å². The molecule has 2 fully saturated rings. The summed E-state index contributed by atoms with van der Waals surface area (Å²) in [5, 5.41) is 2.96. The Morgan fingerprint density at radius 1 is 1.58 bits per heavy atom. The standard InChI is InChI=1S/C17H26N2O4S/c1-21-8-4-16(20)19-7-9-23-17(13-19)5-2-3-14(17)11-22-12-15-18-6-10-24-15/h6,10,14H,2-5,7-9,11-13H2,1H3/t14-,17+/m0/s1. The molecular formula is C17H26N2O4S. The Morgan fingerprint density at radius 2 is 2.50 bits per heavy atom. The summed E-state index contributed by atoms with van der Waals surface area (Å²) in [4.78, 5) is 18.5. The van der Waals surface area contributed by atoms with Crippen LogP contribution in [0.3, 0.4) is 0 Å². The number of thiazole rings is 1. The average Bonchev–Trinajstić information content (AvgIpc) is 3.24. The highest BCUT2D eigenvalue weighted by Gasteiger charge is 2.47. The first-order chi connectivity index (χ1) is 11.7. The molecule has 0 N–H and O–H groups in total. The number of methoxy groups -OCH3 is 1. The van der Waals surface area contributed by atoms with Crippen molar-refractivity contribution in [2.75, 3.05) is 40.0 Å². The van der Waals surface area contributed by atoms with Crippen molar-refractivity contribution >= 4 is 17.2 Å². The molecule has 0 bridgehead atoms. The molecule has 1 amide bonds. The summed E-state index contributed by atoms with van der Waals surface area (Å²) in [7, 11) is 1.63. The Kier molecular flexibility index (Phi) is 6.21. The van der Waals surface area contributed by atoms with E-state index in [1.165, 1.54) is 0 Å². The van der Waals surface area contributed by atoms with Gasteiger partial charge in [-0.1, -0.05) is 6.42 Å². The molecule has 2 heterocycles. The van der Waals surface area contributed by atoms with Crippen molar-refractivity contribution in [1.82, 2.24) is 9.88 Å². The zero-order valence-electron chi connectivity index (χ0n) is 14.2. The van der Waals surface area contributed by atoms with E-state index in [1.807, 2.05) is 10.3 Å². The van der Waals surface area contributed by atoms with Gasteiger partial charge in [-0.25, -0.2) is 4.98 Å². The number of hydrogen-bond acceptors (Lipinski definition) is 6. The van der Waals surface area contributed by atoms with E-state index in [1.54, 1.807) is 24.6 Å². The van der Waals surface area contributed by atoms with Crippen LogP contribution in [0, 0.1) is 5.92 Å². The molecule has 1 aliphatic carbocycles. The van der Waals surface area contributed by atoms with Gasteiger partial charge in [0.25, 0.3) is 0 Å². The monoisotopic (exact) mass is 354 g/mol. The minimum absolute atomic E-state index is 0.161. The average molecular weight is 354 g/mol. The summed E-state index contributed by atoms with van der Waals surface area (Å²) in [6.45, 7) is 3.67. The van der Waals surface area contributed by atoms with Crippen molar-refractivity contribution in [3.8, 4) is 0 Å². The van der Waals surface area contributed by atoms with Crippen molar-refractivity contribution in [1.29, 1.82) is 0 Å². The molecule has 0 aromatic carbocycles. The fourth-order valence-corrected chi connectivity index (χ4v) is 4.28. The number of nitrogens with zero attached hydrogens (tertiary/aromatic N) is 2. The van der Waals surface area contributed by atoms with Crippen LogP contribution in [0.25, 0.3) is 0 Å². The molecule has 1 saturated carbocycles. The van der Waals surface area contributed by atoms with E-state index in [0.29, 0.717) is 51.9 Å². The molecule has 1 saturated heterocycles. The molecule has 1 aromatic rings. The van der Waals surface area contributed by atoms with E-state index in [-0.39, 0.29) is 11.5 Å². The molecule has 1 aliphatic heterocycles. The maximum atomic E-state index is 12.3. The quantitative estimate of drug-likeness (QED) is 0.750. The van der Waals surface area contributed by atoms with E-state index in [0.717, 1.165) is 24.3 Å². The fraction of sp³-hybridized carbons (Fsp3) is 0.765. The molecule has 7 heteroatoms. The van der Waals surface area contributed by atoms with Gasteiger partial charge in [-0.15, -0.1) is 11.3 Å². The summed E-state index contributed by atoms with van der Waals surface area (Å²) in [5.41, 5.74) is -0.232. The van der Waals surface area contributed by atoms with Gasteiger partial charge in [0.05, 0.1) is 45.0 Å². The van der Waals surface area contributed by atoms with Gasteiger partial charge in [-0.2, -0.15) is 0 Å². The second-order valence-corrected chi connectivity index (χ2v) is 7.48. The Balaban J connectivity index is 1.54. The SMILES string of the molecule is COCCC(=O)N1CCO[C@]2(CCC[C@H]2COCc2nccs2)C1. The summed E-state index contributed by atoms with van der Waals surface area (Å²) in [6.07, 6.45) is 5.47. The Hall–Kier alpha value is -1.02. The van der Waals surface area contributed by atoms with Crippen LogP contribution in [-0.2, 0) is 25.6 Å². The van der Waals surface area contributed by atoms with Crippen molar-refractivity contribution in [3.63, 3.8) is 0 Å². The maximum Gasteiger partial charge on any atom is 0.225 e. The molecule has 3 rings (SSSR count). The first-order valence-electron chi connectivity index (χ1n) is 8.60. The second-order valence-electron chi connectivity index (χ2n) is 6.50. The molecule has 0 radical (unpaired) electrons. The maximum absolute atomic E-state index is 12.3. The van der Waals surface area contributed by atoms with Crippen LogP contribution in [0.15, 0.2) is 11.6 Å². The van der Waals surface area contributed by atoms with Crippen molar-refractivity contribution in [2.45, 2.75) is 37.9 Å². The molecule has 6 nitrogen and oxygen atoms in total. The van der Waals surface area contributed by atoms with Gasteiger partial charge < -0.3 is 19.1 Å². The number of aromatic nitrogens is 1. The lowest BCUT2D eigenvalue weighted by molar-refractivity contribution is -0.163. The molecule has 2 atom stereocenters. The van der Waals surface area contributed by atoms with Crippen molar-refractivity contribution in [3.05, 3.63) is 16.6 Å². The van der Waals surface area contributed by atoms with Gasteiger partial charge >= 0.3 is 0 Å². The van der Waals surface area contributed by atoms with E-state index >= 15 is 0 Å². The van der Waals surface area contributed by atoms with Crippen LogP contribution in [-0.4, -0.2) is 61.4 Å². The number of carbonyl (C=O) groups excluding carboxylic acids is 1. The molecule has 1 aromatic heterocycles. The normalized spacial score (nSPS) is 27.0. The number of carbonyl (C=O) groups is 1. The smallest absolute Gasteiger partial charge is 0.225 e. The molecular weight excluding hydrogens is 328 g/mol. The molecule has 1 spiro atoms. The number of ether oxygens (including phenoxy) is 3. The Morgan fingerprint density at radius 3 is 3.29 bits per heavy atom. The predicted octanol–water partition coefficient (Wildman–Crippen LogP) is 2.09. The van der Waals surface area contributed by atoms with Gasteiger partial charge in [-0.05, 0) is 12.8 Å². The van der Waals surface area contributed by atoms with E-state index < -0.39 is 0 Å². The molecule has 0 unspecified atom stereocenters. The summed E-state index contributed by atoms with van der Waals surface area (Å²) in [5.74, 6) is 0.504. The molecule has 134 valence electrons. The predicted molar refractivity (Wildman–Crippen MR) is 90.9 cm³/mol. The van der Waals surface area contributed by atoms with Gasteiger partial charge in [0.1, 0.15) is 5.01 Å². The minimum atomic E-state index is -0.232. The van der Waals surface area contributed by atoms with Crippen molar-refractivity contribution in [2.24, 2.45) is 5.92 Å². The zero-order chi connectivity index (χ0) is 16.8. The van der Waals surface area contributed by atoms with Crippen LogP contribution >= 0.6 is 11.3 Å². The van der Waals surface area contributed by atoms with Gasteiger partial charge in [0.15, 0.2) is 0 Å². The van der Waals surface area contributed by atoms with Crippen LogP contribution in [0.4, 0.5) is 0 Å². The number of rotatable bonds is 7. The highest BCUT2D eigenvalue weighted by Crippen LogP contribution is 2.41. The van der Waals surface area contributed by atoms with E-state index in [4.69, 9.17) is 14.2 Å². The van der Waals surface area contributed by atoms with Gasteiger partial charge in [-0.3, -0.25) is 4.79 Å². The third-order valence-corrected chi connectivity index (χ3v) is 5.76. The summed E-state index contributed by atoms with van der Waals surface area (Å²) < 4.78 is 17.1. The van der Waals surface area contributed by atoms with Crippen LogP contribution < -0.4 is 0 Å². The summed E-state index contributed by atoms with van der Waals surface area (Å²) in [6, 6.07) is 0. The van der Waals surface area contributed by atoms with Crippen LogP contribution in [0.1, 0.15) is 30.7 Å². The summed E-state index contributed by atoms with van der Waals surface area (Å²) >= 11 is 1.61. The highest BCUT2D eigenvalue weighted by atomic mass is 32.1. The molecule has 24 heavy (non-hydrogen) atoms. The lowest BCUT2D eigenvalue weighted by atomic mass is 9.89. The minimum Gasteiger partial charge on any atom is -0.384 e. The number of hydrogen-bond donors (Lipinski definition) is 0. The Bertz CT molecular complexity index is 525. The Labute approximate surface area is 147 Å². The van der Waals surface area contributed by atoms with E-state index in [2.05, 4.69) is 4.98 Å². The van der Waals surface area contributed by atoms with Crippen LogP contribution in [0.5, 0.6) is 0 Å².